The molecule has 3 aromatic rings. The van der Waals surface area contributed by atoms with Gasteiger partial charge in [0.25, 0.3) is 0 Å². The summed E-state index contributed by atoms with van der Waals surface area (Å²) in [7, 11) is 1.48. The summed E-state index contributed by atoms with van der Waals surface area (Å²) in [5.74, 6) is -0.519. The molecular formula is C20H22FN3O3. The van der Waals surface area contributed by atoms with E-state index in [1.165, 1.54) is 13.2 Å². The van der Waals surface area contributed by atoms with Crippen LogP contribution in [0.25, 0.3) is 16.8 Å². The Morgan fingerprint density at radius 2 is 2.04 bits per heavy atom. The molecule has 27 heavy (non-hydrogen) atoms. The topological polar surface area (TPSA) is 65.7 Å². The van der Waals surface area contributed by atoms with Gasteiger partial charge in [-0.05, 0) is 38.0 Å². The van der Waals surface area contributed by atoms with Crippen LogP contribution in [-0.2, 0) is 4.74 Å². The number of methoxy groups -OCH3 is 1. The van der Waals surface area contributed by atoms with E-state index in [1.807, 2.05) is 13.8 Å². The van der Waals surface area contributed by atoms with Gasteiger partial charge in [0.2, 0.25) is 0 Å². The maximum Gasteiger partial charge on any atom is 0.357 e. The highest BCUT2D eigenvalue weighted by molar-refractivity contribution is 5.90. The molecule has 6 nitrogen and oxygen atoms in total. The van der Waals surface area contributed by atoms with E-state index in [-0.39, 0.29) is 23.8 Å². The van der Waals surface area contributed by atoms with Gasteiger partial charge in [-0.2, -0.15) is 5.10 Å². The van der Waals surface area contributed by atoms with Gasteiger partial charge in [-0.15, -0.1) is 0 Å². The van der Waals surface area contributed by atoms with Gasteiger partial charge in [-0.3, -0.25) is 0 Å². The van der Waals surface area contributed by atoms with Crippen molar-refractivity contribution in [1.29, 1.82) is 0 Å². The second-order valence-corrected chi connectivity index (χ2v) is 6.45. The lowest BCUT2D eigenvalue weighted by Gasteiger charge is -2.12. The number of ether oxygens (including phenoxy) is 2. The van der Waals surface area contributed by atoms with Crippen LogP contribution in [0.1, 0.15) is 48.6 Å². The van der Waals surface area contributed by atoms with E-state index in [9.17, 15) is 9.18 Å². The van der Waals surface area contributed by atoms with Crippen LogP contribution in [0.3, 0.4) is 0 Å². The van der Waals surface area contributed by atoms with Crippen LogP contribution in [0.15, 0.2) is 24.3 Å². The lowest BCUT2D eigenvalue weighted by atomic mass is 10.0. The number of carbonyl (C=O) groups excluding carboxylic acids is 1. The van der Waals surface area contributed by atoms with Crippen LogP contribution < -0.4 is 4.74 Å². The molecule has 1 aromatic carbocycles. The van der Waals surface area contributed by atoms with E-state index in [0.717, 1.165) is 5.69 Å². The summed E-state index contributed by atoms with van der Waals surface area (Å²) in [5.41, 5.74) is 2.71. The molecule has 3 rings (SSSR count). The van der Waals surface area contributed by atoms with Crippen molar-refractivity contribution >= 4 is 11.6 Å². The standard InChI is InChI=1S/C20H22FN3O3/c1-6-27-20(25)14-10-15(11(2)3)24-19(22-14)17(12(4)23-24)18-13(21)8-7-9-16(18)26-5/h7-11H,6H2,1-5H3. The van der Waals surface area contributed by atoms with Crippen molar-refractivity contribution < 1.29 is 18.7 Å². The highest BCUT2D eigenvalue weighted by atomic mass is 19.1. The summed E-state index contributed by atoms with van der Waals surface area (Å²) < 4.78 is 26.8. The molecule has 0 radical (unpaired) electrons. The zero-order chi connectivity index (χ0) is 19.7. The van der Waals surface area contributed by atoms with Crippen molar-refractivity contribution in [3.63, 3.8) is 0 Å². The molecule has 0 N–H and O–H groups in total. The second-order valence-electron chi connectivity index (χ2n) is 6.45. The first-order valence-corrected chi connectivity index (χ1v) is 8.79. The minimum absolute atomic E-state index is 0.0679. The van der Waals surface area contributed by atoms with Crippen LogP contribution in [0.2, 0.25) is 0 Å². The number of benzene rings is 1. The van der Waals surface area contributed by atoms with E-state index in [0.29, 0.717) is 22.7 Å². The van der Waals surface area contributed by atoms with Crippen LogP contribution in [-0.4, -0.2) is 34.3 Å². The average Bonchev–Trinajstić information content (AvgIpc) is 2.96. The molecule has 0 unspecified atom stereocenters. The molecule has 0 amide bonds. The first-order valence-electron chi connectivity index (χ1n) is 8.79. The number of aryl methyl sites for hydroxylation is 1. The molecule has 2 heterocycles. The third-order valence-corrected chi connectivity index (χ3v) is 4.31. The highest BCUT2D eigenvalue weighted by Crippen LogP contribution is 2.37. The minimum atomic E-state index is -0.521. The summed E-state index contributed by atoms with van der Waals surface area (Å²) in [6, 6.07) is 6.29. The van der Waals surface area contributed by atoms with E-state index in [4.69, 9.17) is 9.47 Å². The molecule has 0 saturated heterocycles. The van der Waals surface area contributed by atoms with Gasteiger partial charge in [-0.1, -0.05) is 19.9 Å². The molecule has 2 aromatic heterocycles. The molecule has 0 spiro atoms. The molecule has 0 fully saturated rings. The number of carbonyl (C=O) groups is 1. The van der Waals surface area contributed by atoms with E-state index in [1.54, 1.807) is 36.6 Å². The lowest BCUT2D eigenvalue weighted by molar-refractivity contribution is 0.0519. The number of esters is 1. The Bertz CT molecular complexity index is 1010. The number of rotatable bonds is 5. The molecule has 0 saturated carbocycles. The summed E-state index contributed by atoms with van der Waals surface area (Å²) in [6.07, 6.45) is 0. The van der Waals surface area contributed by atoms with Gasteiger partial charge in [0.05, 0.1) is 30.5 Å². The maximum absolute atomic E-state index is 14.7. The third-order valence-electron chi connectivity index (χ3n) is 4.31. The number of halogens is 1. The second kappa shape index (κ2) is 7.34. The largest absolute Gasteiger partial charge is 0.496 e. The molecule has 0 bridgehead atoms. The van der Waals surface area contributed by atoms with Gasteiger partial charge in [-0.25, -0.2) is 18.7 Å². The van der Waals surface area contributed by atoms with Crippen LogP contribution >= 0.6 is 0 Å². The predicted octanol–water partition coefficient (Wildman–Crippen LogP) is 4.15. The van der Waals surface area contributed by atoms with Crippen molar-refractivity contribution in [3.05, 3.63) is 47.2 Å². The SMILES string of the molecule is CCOC(=O)c1cc(C(C)C)n2nc(C)c(-c3c(F)cccc3OC)c2n1. The summed E-state index contributed by atoms with van der Waals surface area (Å²) in [4.78, 5) is 16.7. The lowest BCUT2D eigenvalue weighted by Crippen LogP contribution is -2.12. The van der Waals surface area contributed by atoms with Gasteiger partial charge in [0.1, 0.15) is 11.6 Å². The normalized spacial score (nSPS) is 11.2. The zero-order valence-electron chi connectivity index (χ0n) is 16.0. The van der Waals surface area contributed by atoms with Crippen molar-refractivity contribution in [1.82, 2.24) is 14.6 Å². The Morgan fingerprint density at radius 3 is 2.67 bits per heavy atom. The monoisotopic (exact) mass is 371 g/mol. The Morgan fingerprint density at radius 1 is 1.30 bits per heavy atom. The smallest absolute Gasteiger partial charge is 0.357 e. The van der Waals surface area contributed by atoms with Crippen LogP contribution in [0.4, 0.5) is 4.39 Å². The summed E-state index contributed by atoms with van der Waals surface area (Å²) >= 11 is 0. The Labute approximate surface area is 156 Å². The fraction of sp³-hybridized carbons (Fsp3) is 0.350. The molecule has 0 aliphatic heterocycles. The quantitative estimate of drug-likeness (QED) is 0.630. The Hall–Kier alpha value is -2.96. The molecular weight excluding hydrogens is 349 g/mol. The third kappa shape index (κ3) is 3.25. The van der Waals surface area contributed by atoms with E-state index in [2.05, 4.69) is 10.1 Å². The van der Waals surface area contributed by atoms with Gasteiger partial charge < -0.3 is 9.47 Å². The average molecular weight is 371 g/mol. The van der Waals surface area contributed by atoms with Crippen LogP contribution in [0.5, 0.6) is 5.75 Å². The number of nitrogens with zero attached hydrogens (tertiary/aromatic N) is 3. The first kappa shape index (κ1) is 18.8. The van der Waals surface area contributed by atoms with Gasteiger partial charge in [0.15, 0.2) is 11.3 Å². The van der Waals surface area contributed by atoms with Crippen LogP contribution in [0, 0.1) is 12.7 Å². The molecule has 7 heteroatoms. The van der Waals surface area contributed by atoms with E-state index < -0.39 is 11.8 Å². The molecule has 0 aliphatic rings. The fourth-order valence-corrected chi connectivity index (χ4v) is 3.08. The Kier molecular flexibility index (Phi) is 5.12. The minimum Gasteiger partial charge on any atom is -0.496 e. The fourth-order valence-electron chi connectivity index (χ4n) is 3.08. The number of fused-ring (bicyclic) bond motifs is 1. The van der Waals surface area contributed by atoms with Crippen molar-refractivity contribution in [2.24, 2.45) is 0 Å². The first-order chi connectivity index (χ1) is 12.9. The molecule has 0 atom stereocenters. The molecule has 142 valence electrons. The number of hydrogen-bond donors (Lipinski definition) is 0. The van der Waals surface area contributed by atoms with Gasteiger partial charge >= 0.3 is 5.97 Å². The highest BCUT2D eigenvalue weighted by Gasteiger charge is 2.24. The Balaban J connectivity index is 2.38. The summed E-state index contributed by atoms with van der Waals surface area (Å²) in [5, 5.41) is 4.55. The van der Waals surface area contributed by atoms with Gasteiger partial charge in [0, 0.05) is 5.69 Å². The number of hydrogen-bond acceptors (Lipinski definition) is 5. The van der Waals surface area contributed by atoms with E-state index >= 15 is 0 Å². The maximum atomic E-state index is 14.7. The van der Waals surface area contributed by atoms with Crippen molar-refractivity contribution in [2.75, 3.05) is 13.7 Å². The number of aromatic nitrogens is 3. The predicted molar refractivity (Wildman–Crippen MR) is 99.7 cm³/mol. The van der Waals surface area contributed by atoms with Crippen molar-refractivity contribution in [3.8, 4) is 16.9 Å². The molecule has 0 aliphatic carbocycles. The zero-order valence-corrected chi connectivity index (χ0v) is 16.0. The van der Waals surface area contributed by atoms with Crippen molar-refractivity contribution in [2.45, 2.75) is 33.6 Å². The summed E-state index contributed by atoms with van der Waals surface area (Å²) in [6.45, 7) is 7.74.